The van der Waals surface area contributed by atoms with Crippen LogP contribution in [0.5, 0.6) is 5.75 Å². The minimum atomic E-state index is -0.223. The fraction of sp³-hybridized carbons (Fsp3) is 0.500. The molecule has 0 bridgehead atoms. The average Bonchev–Trinajstić information content (AvgIpc) is 2.33. The first kappa shape index (κ1) is 13.5. The van der Waals surface area contributed by atoms with E-state index in [4.69, 9.17) is 15.7 Å². The molecule has 0 saturated carbocycles. The second-order valence-corrected chi connectivity index (χ2v) is 4.13. The maximum atomic E-state index is 9.01. The smallest absolute Gasteiger partial charge is 0.122 e. The van der Waals surface area contributed by atoms with Gasteiger partial charge < -0.3 is 10.5 Å². The largest absolute Gasteiger partial charge is 0.494 e. The van der Waals surface area contributed by atoms with E-state index in [1.165, 1.54) is 0 Å². The van der Waals surface area contributed by atoms with Crippen LogP contribution in [0.25, 0.3) is 0 Å². The Morgan fingerprint density at radius 2 is 2.12 bits per heavy atom. The molecule has 1 aromatic carbocycles. The number of nitrogens with two attached hydrogens (primary N) is 1. The van der Waals surface area contributed by atoms with Crippen LogP contribution in [-0.2, 0) is 0 Å². The van der Waals surface area contributed by atoms with Crippen molar-refractivity contribution in [2.75, 3.05) is 6.61 Å². The van der Waals surface area contributed by atoms with Crippen molar-refractivity contribution in [3.63, 3.8) is 0 Å². The van der Waals surface area contributed by atoms with E-state index >= 15 is 0 Å². The molecular formula is C14H20N2O. The van der Waals surface area contributed by atoms with Gasteiger partial charge in [0.05, 0.1) is 18.6 Å². The lowest BCUT2D eigenvalue weighted by Crippen LogP contribution is -2.19. The van der Waals surface area contributed by atoms with Crippen LogP contribution >= 0.6 is 0 Å². The average molecular weight is 232 g/mol. The molecular weight excluding hydrogens is 212 g/mol. The van der Waals surface area contributed by atoms with Crippen molar-refractivity contribution >= 4 is 0 Å². The molecule has 92 valence electrons. The van der Waals surface area contributed by atoms with Crippen molar-refractivity contribution in [3.05, 3.63) is 29.3 Å². The number of nitriles is 1. The molecule has 0 spiro atoms. The SMILES string of the molecule is CCOc1ccc(C(N)C(C#N)CC)cc1C. The topological polar surface area (TPSA) is 59.0 Å². The lowest BCUT2D eigenvalue weighted by atomic mass is 9.92. The summed E-state index contributed by atoms with van der Waals surface area (Å²) in [5.41, 5.74) is 8.15. The molecule has 2 atom stereocenters. The van der Waals surface area contributed by atoms with E-state index in [0.29, 0.717) is 6.61 Å². The summed E-state index contributed by atoms with van der Waals surface area (Å²) in [6.45, 7) is 6.59. The summed E-state index contributed by atoms with van der Waals surface area (Å²) in [6, 6.07) is 7.92. The number of nitrogens with zero attached hydrogens (tertiary/aromatic N) is 1. The van der Waals surface area contributed by atoms with E-state index in [1.807, 2.05) is 39.0 Å². The fourth-order valence-electron chi connectivity index (χ4n) is 1.86. The van der Waals surface area contributed by atoms with Crippen molar-refractivity contribution in [1.29, 1.82) is 5.26 Å². The molecule has 0 aromatic heterocycles. The summed E-state index contributed by atoms with van der Waals surface area (Å²) < 4.78 is 5.48. The first-order valence-electron chi connectivity index (χ1n) is 6.02. The van der Waals surface area contributed by atoms with Gasteiger partial charge in [0.15, 0.2) is 0 Å². The second-order valence-electron chi connectivity index (χ2n) is 4.13. The highest BCUT2D eigenvalue weighted by atomic mass is 16.5. The van der Waals surface area contributed by atoms with E-state index in [-0.39, 0.29) is 12.0 Å². The molecule has 0 aliphatic rings. The molecule has 1 rings (SSSR count). The van der Waals surface area contributed by atoms with Gasteiger partial charge in [-0.1, -0.05) is 19.1 Å². The van der Waals surface area contributed by atoms with Crippen LogP contribution in [0.1, 0.15) is 37.4 Å². The van der Waals surface area contributed by atoms with E-state index in [9.17, 15) is 0 Å². The van der Waals surface area contributed by atoms with Crippen molar-refractivity contribution in [2.24, 2.45) is 11.7 Å². The van der Waals surface area contributed by atoms with Gasteiger partial charge >= 0.3 is 0 Å². The number of hydrogen-bond acceptors (Lipinski definition) is 3. The Morgan fingerprint density at radius 3 is 2.59 bits per heavy atom. The zero-order valence-electron chi connectivity index (χ0n) is 10.7. The summed E-state index contributed by atoms with van der Waals surface area (Å²) in [4.78, 5) is 0. The third kappa shape index (κ3) is 3.21. The van der Waals surface area contributed by atoms with Crippen LogP contribution in [0.4, 0.5) is 0 Å². The maximum absolute atomic E-state index is 9.01. The minimum Gasteiger partial charge on any atom is -0.494 e. The Morgan fingerprint density at radius 1 is 1.41 bits per heavy atom. The lowest BCUT2D eigenvalue weighted by molar-refractivity contribution is 0.337. The fourth-order valence-corrected chi connectivity index (χ4v) is 1.86. The highest BCUT2D eigenvalue weighted by molar-refractivity contribution is 5.37. The molecule has 3 nitrogen and oxygen atoms in total. The van der Waals surface area contributed by atoms with Gasteiger partial charge in [0.2, 0.25) is 0 Å². The number of hydrogen-bond donors (Lipinski definition) is 1. The summed E-state index contributed by atoms with van der Waals surface area (Å²) in [5.74, 6) is 0.751. The van der Waals surface area contributed by atoms with Gasteiger partial charge in [0.1, 0.15) is 5.75 Å². The van der Waals surface area contributed by atoms with Crippen LogP contribution < -0.4 is 10.5 Å². The van der Waals surface area contributed by atoms with Gasteiger partial charge in [-0.15, -0.1) is 0 Å². The van der Waals surface area contributed by atoms with Crippen LogP contribution in [0.15, 0.2) is 18.2 Å². The van der Waals surface area contributed by atoms with Crippen molar-refractivity contribution in [3.8, 4) is 11.8 Å². The molecule has 0 radical (unpaired) electrons. The van der Waals surface area contributed by atoms with Crippen LogP contribution in [-0.4, -0.2) is 6.61 Å². The monoisotopic (exact) mass is 232 g/mol. The predicted molar refractivity (Wildman–Crippen MR) is 68.7 cm³/mol. The van der Waals surface area contributed by atoms with Crippen LogP contribution in [0, 0.1) is 24.2 Å². The molecule has 0 amide bonds. The van der Waals surface area contributed by atoms with Crippen molar-refractivity contribution in [2.45, 2.75) is 33.2 Å². The molecule has 17 heavy (non-hydrogen) atoms. The molecule has 3 heteroatoms. The second kappa shape index (κ2) is 6.27. The molecule has 0 fully saturated rings. The normalized spacial score (nSPS) is 13.8. The molecule has 0 aliphatic heterocycles. The molecule has 2 unspecified atom stereocenters. The quantitative estimate of drug-likeness (QED) is 0.849. The summed E-state index contributed by atoms with van der Waals surface area (Å²) in [6.07, 6.45) is 0.768. The van der Waals surface area contributed by atoms with E-state index in [1.54, 1.807) is 0 Å². The van der Waals surface area contributed by atoms with Crippen LogP contribution in [0.3, 0.4) is 0 Å². The Kier molecular flexibility index (Phi) is 4.99. The Labute approximate surface area is 103 Å². The number of rotatable bonds is 5. The Balaban J connectivity index is 2.93. The minimum absolute atomic E-state index is 0.132. The molecule has 0 aliphatic carbocycles. The highest BCUT2D eigenvalue weighted by Crippen LogP contribution is 2.26. The summed E-state index contributed by atoms with van der Waals surface area (Å²) >= 11 is 0. The highest BCUT2D eigenvalue weighted by Gasteiger charge is 2.17. The number of benzene rings is 1. The third-order valence-electron chi connectivity index (χ3n) is 2.92. The van der Waals surface area contributed by atoms with Crippen molar-refractivity contribution < 1.29 is 4.74 Å². The molecule has 2 N–H and O–H groups in total. The first-order valence-corrected chi connectivity index (χ1v) is 6.02. The van der Waals surface area contributed by atoms with Gasteiger partial charge in [-0.05, 0) is 37.5 Å². The van der Waals surface area contributed by atoms with Gasteiger partial charge in [-0.3, -0.25) is 0 Å². The predicted octanol–water partition coefficient (Wildman–Crippen LogP) is 2.94. The van der Waals surface area contributed by atoms with Gasteiger partial charge in [0, 0.05) is 6.04 Å². The van der Waals surface area contributed by atoms with E-state index < -0.39 is 0 Å². The zero-order valence-corrected chi connectivity index (χ0v) is 10.7. The number of aryl methyl sites for hydroxylation is 1. The number of ether oxygens (including phenoxy) is 1. The van der Waals surface area contributed by atoms with Gasteiger partial charge in [0.25, 0.3) is 0 Å². The lowest BCUT2D eigenvalue weighted by Gasteiger charge is -2.18. The zero-order chi connectivity index (χ0) is 12.8. The molecule has 0 heterocycles. The summed E-state index contributed by atoms with van der Waals surface area (Å²) in [5, 5.41) is 9.01. The van der Waals surface area contributed by atoms with Crippen LogP contribution in [0.2, 0.25) is 0 Å². The Bertz CT molecular complexity index is 409. The van der Waals surface area contributed by atoms with E-state index in [0.717, 1.165) is 23.3 Å². The Hall–Kier alpha value is -1.53. The first-order chi connectivity index (χ1) is 8.13. The molecule has 1 aromatic rings. The summed E-state index contributed by atoms with van der Waals surface area (Å²) in [7, 11) is 0. The standard InChI is InChI=1S/C14H20N2O/c1-4-11(9-15)14(16)12-6-7-13(17-5-2)10(3)8-12/h6-8,11,14H,4-5,16H2,1-3H3. The van der Waals surface area contributed by atoms with E-state index in [2.05, 4.69) is 6.07 Å². The maximum Gasteiger partial charge on any atom is 0.122 e. The van der Waals surface area contributed by atoms with Gasteiger partial charge in [-0.2, -0.15) is 5.26 Å². The third-order valence-corrected chi connectivity index (χ3v) is 2.92. The van der Waals surface area contributed by atoms with Gasteiger partial charge in [-0.25, -0.2) is 0 Å². The van der Waals surface area contributed by atoms with Crippen molar-refractivity contribution in [1.82, 2.24) is 0 Å². The molecule has 0 saturated heterocycles.